The lowest BCUT2D eigenvalue weighted by atomic mass is 10.1. The van der Waals surface area contributed by atoms with E-state index in [1.165, 1.54) is 77.0 Å². The van der Waals surface area contributed by atoms with Crippen molar-refractivity contribution in [2.75, 3.05) is 19.8 Å². The van der Waals surface area contributed by atoms with Crippen molar-refractivity contribution in [2.24, 2.45) is 0 Å². The van der Waals surface area contributed by atoms with Gasteiger partial charge in [-0.25, -0.2) is 0 Å². The summed E-state index contributed by atoms with van der Waals surface area (Å²) in [6, 6.07) is 0. The van der Waals surface area contributed by atoms with E-state index in [9.17, 15) is 10.2 Å². The van der Waals surface area contributed by atoms with Gasteiger partial charge in [0, 0.05) is 6.61 Å². The topological polar surface area (TPSA) is 79.2 Å². The molecular formula is C24H46O5. The molecule has 0 aromatic heterocycles. The van der Waals surface area contributed by atoms with Gasteiger partial charge in [-0.05, 0) is 32.1 Å². The van der Waals surface area contributed by atoms with E-state index in [0.29, 0.717) is 6.61 Å². The number of unbranched alkanes of at least 4 members (excludes halogenated alkanes) is 12. The summed E-state index contributed by atoms with van der Waals surface area (Å²) in [5.41, 5.74) is 0. The van der Waals surface area contributed by atoms with E-state index in [1.807, 2.05) is 0 Å². The zero-order valence-corrected chi connectivity index (χ0v) is 18.6. The second-order valence-corrected chi connectivity index (χ2v) is 8.39. The first-order valence-electron chi connectivity index (χ1n) is 12.1. The Labute approximate surface area is 178 Å². The monoisotopic (exact) mass is 414 g/mol. The molecule has 0 spiro atoms. The number of aliphatic hydroxyl groups excluding tert-OH is 3. The van der Waals surface area contributed by atoms with Crippen molar-refractivity contribution in [1.82, 2.24) is 0 Å². The fourth-order valence-electron chi connectivity index (χ4n) is 3.83. The highest BCUT2D eigenvalue weighted by atomic mass is 16.6. The quantitative estimate of drug-likeness (QED) is 0.214. The Balaban J connectivity index is 1.87. The minimum Gasteiger partial charge on any atom is -0.394 e. The SMILES string of the molecule is CCCCCCCC/C=C/CCCCCCCCO[C@@H]1[C@H]([C@H](O)CO)OC[C@@H]1O. The van der Waals surface area contributed by atoms with Crippen LogP contribution in [-0.2, 0) is 9.47 Å². The third-order valence-electron chi connectivity index (χ3n) is 5.70. The summed E-state index contributed by atoms with van der Waals surface area (Å²) in [4.78, 5) is 0. The lowest BCUT2D eigenvalue weighted by molar-refractivity contribution is -0.0938. The van der Waals surface area contributed by atoms with Crippen LogP contribution in [0.1, 0.15) is 96.8 Å². The maximum Gasteiger partial charge on any atom is 0.114 e. The normalized spacial score (nSPS) is 23.2. The highest BCUT2D eigenvalue weighted by Gasteiger charge is 2.40. The van der Waals surface area contributed by atoms with Crippen LogP contribution in [0.4, 0.5) is 0 Å². The Bertz CT molecular complexity index is 387. The molecule has 5 heteroatoms. The molecule has 0 amide bonds. The predicted octanol–water partition coefficient (Wildman–Crippen LogP) is 4.52. The van der Waals surface area contributed by atoms with Gasteiger partial charge in [-0.2, -0.15) is 0 Å². The third kappa shape index (κ3) is 12.7. The molecule has 1 heterocycles. The number of hydrogen-bond donors (Lipinski definition) is 3. The van der Waals surface area contributed by atoms with E-state index >= 15 is 0 Å². The molecule has 5 nitrogen and oxygen atoms in total. The van der Waals surface area contributed by atoms with Gasteiger partial charge in [-0.3, -0.25) is 0 Å². The Hall–Kier alpha value is -0.460. The van der Waals surface area contributed by atoms with E-state index in [-0.39, 0.29) is 13.2 Å². The summed E-state index contributed by atoms with van der Waals surface area (Å²) < 4.78 is 11.0. The number of ether oxygens (including phenoxy) is 2. The summed E-state index contributed by atoms with van der Waals surface area (Å²) >= 11 is 0. The van der Waals surface area contributed by atoms with Crippen LogP contribution in [-0.4, -0.2) is 59.6 Å². The summed E-state index contributed by atoms with van der Waals surface area (Å²) in [6.07, 6.45) is 19.5. The molecule has 1 aliphatic heterocycles. The molecule has 3 N–H and O–H groups in total. The van der Waals surface area contributed by atoms with Gasteiger partial charge < -0.3 is 24.8 Å². The molecular weight excluding hydrogens is 368 g/mol. The zero-order valence-electron chi connectivity index (χ0n) is 18.6. The van der Waals surface area contributed by atoms with Crippen LogP contribution in [0.5, 0.6) is 0 Å². The largest absolute Gasteiger partial charge is 0.394 e. The van der Waals surface area contributed by atoms with Crippen LogP contribution in [0, 0.1) is 0 Å². The highest BCUT2D eigenvalue weighted by molar-refractivity contribution is 4.89. The molecule has 0 radical (unpaired) electrons. The van der Waals surface area contributed by atoms with Crippen LogP contribution >= 0.6 is 0 Å². The average Bonchev–Trinajstić information content (AvgIpc) is 3.10. The molecule has 1 aliphatic rings. The van der Waals surface area contributed by atoms with Crippen LogP contribution < -0.4 is 0 Å². The Morgan fingerprint density at radius 2 is 1.45 bits per heavy atom. The summed E-state index contributed by atoms with van der Waals surface area (Å²) in [5.74, 6) is 0. The number of aliphatic hydroxyl groups is 3. The molecule has 1 rings (SSSR count). The lowest BCUT2D eigenvalue weighted by Gasteiger charge is -2.23. The van der Waals surface area contributed by atoms with Crippen molar-refractivity contribution in [3.8, 4) is 0 Å². The van der Waals surface area contributed by atoms with Crippen molar-refractivity contribution in [1.29, 1.82) is 0 Å². The van der Waals surface area contributed by atoms with Gasteiger partial charge in [-0.1, -0.05) is 76.9 Å². The van der Waals surface area contributed by atoms with Gasteiger partial charge >= 0.3 is 0 Å². The molecule has 0 unspecified atom stereocenters. The zero-order chi connectivity index (χ0) is 21.2. The van der Waals surface area contributed by atoms with Gasteiger partial charge in [0.2, 0.25) is 0 Å². The second kappa shape index (κ2) is 18.3. The van der Waals surface area contributed by atoms with Crippen molar-refractivity contribution in [3.63, 3.8) is 0 Å². The maximum absolute atomic E-state index is 9.89. The molecule has 1 fully saturated rings. The fourth-order valence-corrected chi connectivity index (χ4v) is 3.83. The van der Waals surface area contributed by atoms with Crippen molar-refractivity contribution < 1.29 is 24.8 Å². The lowest BCUT2D eigenvalue weighted by Crippen LogP contribution is -2.42. The summed E-state index contributed by atoms with van der Waals surface area (Å²) in [7, 11) is 0. The molecule has 0 aliphatic carbocycles. The van der Waals surface area contributed by atoms with Gasteiger partial charge in [0.15, 0.2) is 0 Å². The summed E-state index contributed by atoms with van der Waals surface area (Å²) in [5, 5.41) is 28.7. The van der Waals surface area contributed by atoms with Crippen molar-refractivity contribution in [3.05, 3.63) is 12.2 Å². The molecule has 0 saturated carbocycles. The Kier molecular flexibility index (Phi) is 16.8. The molecule has 0 aromatic carbocycles. The van der Waals surface area contributed by atoms with Crippen LogP contribution in [0.15, 0.2) is 12.2 Å². The van der Waals surface area contributed by atoms with Crippen molar-refractivity contribution >= 4 is 0 Å². The van der Waals surface area contributed by atoms with Crippen LogP contribution in [0.25, 0.3) is 0 Å². The third-order valence-corrected chi connectivity index (χ3v) is 5.70. The van der Waals surface area contributed by atoms with Gasteiger partial charge in [0.05, 0.1) is 13.2 Å². The molecule has 0 aromatic rings. The molecule has 4 atom stereocenters. The number of allylic oxidation sites excluding steroid dienone is 2. The minimum atomic E-state index is -1.00. The number of hydrogen-bond acceptors (Lipinski definition) is 5. The van der Waals surface area contributed by atoms with E-state index in [1.54, 1.807) is 0 Å². The summed E-state index contributed by atoms with van der Waals surface area (Å²) in [6.45, 7) is 2.59. The van der Waals surface area contributed by atoms with Gasteiger partial charge in [-0.15, -0.1) is 0 Å². The second-order valence-electron chi connectivity index (χ2n) is 8.39. The first kappa shape index (κ1) is 26.6. The standard InChI is InChI=1S/C24H46O5/c1-2-3-4-5-6-7-8-9-10-11-12-13-14-15-16-17-18-28-24-22(27)20-29-23(24)21(26)19-25/h9-10,21-27H,2-8,11-20H2,1H3/b10-9+/t21-,22+,23+,24+/m1/s1. The Morgan fingerprint density at radius 3 is 2.03 bits per heavy atom. The fraction of sp³-hybridized carbons (Fsp3) is 0.917. The van der Waals surface area contributed by atoms with Crippen LogP contribution in [0.3, 0.4) is 0 Å². The molecule has 0 bridgehead atoms. The first-order valence-corrected chi connectivity index (χ1v) is 12.1. The maximum atomic E-state index is 9.89. The molecule has 1 saturated heterocycles. The molecule has 172 valence electrons. The minimum absolute atomic E-state index is 0.153. The first-order chi connectivity index (χ1) is 14.2. The van der Waals surface area contributed by atoms with Gasteiger partial charge in [0.1, 0.15) is 24.4 Å². The van der Waals surface area contributed by atoms with Crippen molar-refractivity contribution in [2.45, 2.75) is 121 Å². The average molecular weight is 415 g/mol. The van der Waals surface area contributed by atoms with Crippen LogP contribution in [0.2, 0.25) is 0 Å². The van der Waals surface area contributed by atoms with E-state index in [2.05, 4.69) is 19.1 Å². The molecule has 29 heavy (non-hydrogen) atoms. The van der Waals surface area contributed by atoms with E-state index in [0.717, 1.165) is 12.8 Å². The smallest absolute Gasteiger partial charge is 0.114 e. The number of rotatable bonds is 19. The Morgan fingerprint density at radius 1 is 0.897 bits per heavy atom. The highest BCUT2D eigenvalue weighted by Crippen LogP contribution is 2.21. The van der Waals surface area contributed by atoms with Gasteiger partial charge in [0.25, 0.3) is 0 Å². The predicted molar refractivity (Wildman–Crippen MR) is 118 cm³/mol. The van der Waals surface area contributed by atoms with E-state index < -0.39 is 24.4 Å². The van der Waals surface area contributed by atoms with E-state index in [4.69, 9.17) is 14.6 Å².